The number of nitrogens with zero attached hydrogens (tertiary/aromatic N) is 6. The second-order valence-electron chi connectivity index (χ2n) is 7.63. The molecule has 0 radical (unpaired) electrons. The fourth-order valence-corrected chi connectivity index (χ4v) is 2.93. The topological polar surface area (TPSA) is 72.9 Å². The number of halogens is 3. The molecule has 0 aliphatic carbocycles. The van der Waals surface area contributed by atoms with Gasteiger partial charge < -0.3 is 9.88 Å². The highest BCUT2D eigenvalue weighted by molar-refractivity contribution is 5.82. The van der Waals surface area contributed by atoms with Crippen LogP contribution in [0, 0.1) is 12.3 Å². The van der Waals surface area contributed by atoms with Crippen LogP contribution in [0.3, 0.4) is 0 Å². The molecular formula is C19H20F3N7. The van der Waals surface area contributed by atoms with Crippen molar-refractivity contribution in [1.82, 2.24) is 29.1 Å². The van der Waals surface area contributed by atoms with Gasteiger partial charge in [-0.1, -0.05) is 0 Å². The van der Waals surface area contributed by atoms with E-state index >= 15 is 0 Å². The standard InChI is InChI=1S/C19H20F3N7/c1-11-25-14-6-5-13(26-16(14)28(11)4)12-7-8-29-15(12)9-23-17(27-29)24-10-18(2,3)19(20,21)22/h5-9H,10H2,1-4H3,(H,24,27). The minimum atomic E-state index is -4.32. The van der Waals surface area contributed by atoms with Crippen molar-refractivity contribution < 1.29 is 13.2 Å². The van der Waals surface area contributed by atoms with Crippen LogP contribution in [0.1, 0.15) is 19.7 Å². The van der Waals surface area contributed by atoms with E-state index in [4.69, 9.17) is 4.98 Å². The van der Waals surface area contributed by atoms with Gasteiger partial charge in [-0.3, -0.25) is 0 Å². The molecule has 29 heavy (non-hydrogen) atoms. The Labute approximate surface area is 164 Å². The van der Waals surface area contributed by atoms with E-state index in [1.807, 2.05) is 36.7 Å². The fraction of sp³-hybridized carbons (Fsp3) is 0.368. The molecule has 0 aromatic carbocycles. The van der Waals surface area contributed by atoms with Crippen molar-refractivity contribution in [2.45, 2.75) is 26.9 Å². The molecule has 0 aliphatic rings. The molecule has 4 heterocycles. The van der Waals surface area contributed by atoms with Gasteiger partial charge in [0.25, 0.3) is 0 Å². The molecule has 0 saturated heterocycles. The number of rotatable bonds is 4. The van der Waals surface area contributed by atoms with Crippen molar-refractivity contribution in [3.63, 3.8) is 0 Å². The largest absolute Gasteiger partial charge is 0.395 e. The number of anilines is 1. The van der Waals surface area contributed by atoms with Crippen molar-refractivity contribution in [2.24, 2.45) is 12.5 Å². The number of aromatic nitrogens is 6. The van der Waals surface area contributed by atoms with E-state index in [2.05, 4.69) is 20.4 Å². The summed E-state index contributed by atoms with van der Waals surface area (Å²) in [5.74, 6) is 0.995. The molecule has 152 valence electrons. The molecule has 0 bridgehead atoms. The first-order chi connectivity index (χ1) is 13.6. The van der Waals surface area contributed by atoms with Crippen LogP contribution in [0.4, 0.5) is 19.1 Å². The lowest BCUT2D eigenvalue weighted by Crippen LogP contribution is -2.38. The van der Waals surface area contributed by atoms with Crippen molar-refractivity contribution in [3.8, 4) is 11.3 Å². The number of hydrogen-bond donors (Lipinski definition) is 1. The van der Waals surface area contributed by atoms with E-state index in [1.165, 1.54) is 0 Å². The summed E-state index contributed by atoms with van der Waals surface area (Å²) in [5.41, 5.74) is 1.96. The minimum Gasteiger partial charge on any atom is -0.352 e. The van der Waals surface area contributed by atoms with Gasteiger partial charge in [0, 0.05) is 25.4 Å². The molecule has 0 spiro atoms. The van der Waals surface area contributed by atoms with Gasteiger partial charge in [0.1, 0.15) is 11.3 Å². The first kappa shape index (κ1) is 19.2. The van der Waals surface area contributed by atoms with Gasteiger partial charge in [0.05, 0.1) is 22.8 Å². The van der Waals surface area contributed by atoms with Crippen molar-refractivity contribution >= 4 is 22.6 Å². The molecule has 4 aromatic heterocycles. The average Bonchev–Trinajstić information content (AvgIpc) is 3.20. The van der Waals surface area contributed by atoms with Gasteiger partial charge in [-0.05, 0) is 39.0 Å². The highest BCUT2D eigenvalue weighted by Gasteiger charge is 2.47. The maximum Gasteiger partial charge on any atom is 0.395 e. The second kappa shape index (κ2) is 6.43. The summed E-state index contributed by atoms with van der Waals surface area (Å²) < 4.78 is 42.6. The van der Waals surface area contributed by atoms with Crippen LogP contribution >= 0.6 is 0 Å². The first-order valence-electron chi connectivity index (χ1n) is 9.02. The van der Waals surface area contributed by atoms with Crippen LogP contribution in [0.2, 0.25) is 0 Å². The number of fused-ring (bicyclic) bond motifs is 2. The first-order valence-corrected chi connectivity index (χ1v) is 9.02. The molecular weight excluding hydrogens is 383 g/mol. The Hall–Kier alpha value is -3.17. The van der Waals surface area contributed by atoms with E-state index < -0.39 is 11.6 Å². The molecule has 0 amide bonds. The third-order valence-electron chi connectivity index (χ3n) is 5.09. The highest BCUT2D eigenvalue weighted by atomic mass is 19.4. The molecule has 4 aromatic rings. The maximum atomic E-state index is 13.0. The third kappa shape index (κ3) is 3.28. The summed E-state index contributed by atoms with van der Waals surface area (Å²) >= 11 is 0. The number of aryl methyl sites for hydroxylation is 2. The Morgan fingerprint density at radius 3 is 2.59 bits per heavy atom. The molecule has 0 fully saturated rings. The van der Waals surface area contributed by atoms with Crippen LogP contribution in [0.5, 0.6) is 0 Å². The smallest absolute Gasteiger partial charge is 0.352 e. The van der Waals surface area contributed by atoms with Gasteiger partial charge in [-0.25, -0.2) is 19.5 Å². The van der Waals surface area contributed by atoms with E-state index in [0.717, 1.165) is 42.1 Å². The number of imidazole rings is 1. The lowest BCUT2D eigenvalue weighted by molar-refractivity contribution is -0.206. The zero-order valence-electron chi connectivity index (χ0n) is 16.4. The van der Waals surface area contributed by atoms with Crippen LogP contribution in [-0.4, -0.2) is 41.9 Å². The van der Waals surface area contributed by atoms with Gasteiger partial charge in [0.15, 0.2) is 5.65 Å². The van der Waals surface area contributed by atoms with Crippen molar-refractivity contribution in [2.75, 3.05) is 11.9 Å². The molecule has 0 atom stereocenters. The normalized spacial score (nSPS) is 12.8. The van der Waals surface area contributed by atoms with Gasteiger partial charge in [-0.2, -0.15) is 13.2 Å². The van der Waals surface area contributed by atoms with Gasteiger partial charge in [0.2, 0.25) is 5.95 Å². The highest BCUT2D eigenvalue weighted by Crippen LogP contribution is 2.37. The minimum absolute atomic E-state index is 0.127. The predicted octanol–water partition coefficient (Wildman–Crippen LogP) is 3.99. The summed E-state index contributed by atoms with van der Waals surface area (Å²) in [7, 11) is 1.91. The van der Waals surface area contributed by atoms with E-state index in [9.17, 15) is 13.2 Å². The lowest BCUT2D eigenvalue weighted by atomic mass is 9.93. The lowest BCUT2D eigenvalue weighted by Gasteiger charge is -2.27. The Balaban J connectivity index is 1.64. The van der Waals surface area contributed by atoms with Gasteiger partial charge >= 0.3 is 6.18 Å². The van der Waals surface area contributed by atoms with E-state index in [-0.39, 0.29) is 12.5 Å². The molecule has 0 aliphatic heterocycles. The zero-order chi connectivity index (χ0) is 21.0. The molecule has 4 rings (SSSR count). The number of nitrogens with one attached hydrogen (secondary N) is 1. The molecule has 0 saturated carbocycles. The van der Waals surface area contributed by atoms with E-state index in [0.29, 0.717) is 5.52 Å². The molecule has 1 N–H and O–H groups in total. The number of pyridine rings is 1. The summed E-state index contributed by atoms with van der Waals surface area (Å²) in [4.78, 5) is 13.3. The Bertz CT molecular complexity index is 1200. The SMILES string of the molecule is Cc1nc2ccc(-c3ccn4nc(NCC(C)(C)C(F)(F)F)ncc34)nc2n1C. The molecule has 0 unspecified atom stereocenters. The average molecular weight is 403 g/mol. The van der Waals surface area contributed by atoms with Crippen LogP contribution in [0.15, 0.2) is 30.6 Å². The summed E-state index contributed by atoms with van der Waals surface area (Å²) in [6.07, 6.45) is -1.02. The van der Waals surface area contributed by atoms with Crippen LogP contribution in [0.25, 0.3) is 27.9 Å². The number of hydrogen-bond acceptors (Lipinski definition) is 5. The second-order valence-corrected chi connectivity index (χ2v) is 7.63. The Morgan fingerprint density at radius 1 is 1.10 bits per heavy atom. The molecule has 10 heteroatoms. The third-order valence-corrected chi connectivity index (χ3v) is 5.09. The summed E-state index contributed by atoms with van der Waals surface area (Å²) in [5, 5.41) is 6.95. The summed E-state index contributed by atoms with van der Waals surface area (Å²) in [6, 6.07) is 5.64. The van der Waals surface area contributed by atoms with Crippen molar-refractivity contribution in [1.29, 1.82) is 0 Å². The van der Waals surface area contributed by atoms with Crippen molar-refractivity contribution in [3.05, 3.63) is 36.4 Å². The number of alkyl halides is 3. The fourth-order valence-electron chi connectivity index (χ4n) is 2.93. The molecule has 7 nitrogen and oxygen atoms in total. The zero-order valence-corrected chi connectivity index (χ0v) is 16.4. The monoisotopic (exact) mass is 403 g/mol. The maximum absolute atomic E-state index is 13.0. The van der Waals surface area contributed by atoms with E-state index in [1.54, 1.807) is 16.9 Å². The Morgan fingerprint density at radius 2 is 1.86 bits per heavy atom. The Kier molecular flexibility index (Phi) is 4.25. The van der Waals surface area contributed by atoms with Crippen LogP contribution < -0.4 is 5.32 Å². The quantitative estimate of drug-likeness (QED) is 0.558. The summed E-state index contributed by atoms with van der Waals surface area (Å²) in [6.45, 7) is 3.86. The van der Waals surface area contributed by atoms with Crippen LogP contribution in [-0.2, 0) is 7.05 Å². The van der Waals surface area contributed by atoms with Gasteiger partial charge in [-0.15, -0.1) is 5.10 Å². The predicted molar refractivity (Wildman–Crippen MR) is 104 cm³/mol.